The smallest absolute Gasteiger partial charge is 0.302 e. The van der Waals surface area contributed by atoms with Crippen LogP contribution in [0.4, 0.5) is 0 Å². The third kappa shape index (κ3) is 2.67. The summed E-state index contributed by atoms with van der Waals surface area (Å²) in [5, 5.41) is 0.403. The Morgan fingerprint density at radius 2 is 2.00 bits per heavy atom. The second-order valence-electron chi connectivity index (χ2n) is 4.26. The lowest BCUT2D eigenvalue weighted by atomic mass is 10.1. The second-order valence-corrected chi connectivity index (χ2v) is 5.02. The summed E-state index contributed by atoms with van der Waals surface area (Å²) < 4.78 is 9.94. The standard InChI is InChI=1S/C14H12Cl2O4/c1-7(17)20-4-3-8-5-9-6-10(19-2)12(15)13(16)11(9)14(8)18/h5-6H,3-4H2,1-2H3. The molecule has 0 aromatic heterocycles. The Morgan fingerprint density at radius 1 is 1.30 bits per heavy atom. The van der Waals surface area contributed by atoms with Gasteiger partial charge in [0.25, 0.3) is 0 Å². The molecule has 4 nitrogen and oxygen atoms in total. The minimum atomic E-state index is -0.378. The van der Waals surface area contributed by atoms with Crippen LogP contribution in [0.5, 0.6) is 5.75 Å². The Morgan fingerprint density at radius 3 is 2.60 bits per heavy atom. The van der Waals surface area contributed by atoms with E-state index in [0.29, 0.717) is 28.9 Å². The highest BCUT2D eigenvalue weighted by atomic mass is 35.5. The second kappa shape index (κ2) is 5.85. The van der Waals surface area contributed by atoms with Crippen molar-refractivity contribution in [3.63, 3.8) is 0 Å². The van der Waals surface area contributed by atoms with Gasteiger partial charge in [0.15, 0.2) is 5.78 Å². The van der Waals surface area contributed by atoms with Crippen LogP contribution in [0.1, 0.15) is 29.3 Å². The number of esters is 1. The highest BCUT2D eigenvalue weighted by Crippen LogP contribution is 2.41. The molecule has 0 N–H and O–H groups in total. The molecule has 1 aliphatic rings. The predicted molar refractivity (Wildman–Crippen MR) is 76.6 cm³/mol. The first-order chi connectivity index (χ1) is 9.45. The first kappa shape index (κ1) is 14.9. The summed E-state index contributed by atoms with van der Waals surface area (Å²) in [5.74, 6) is -0.154. The van der Waals surface area contributed by atoms with Gasteiger partial charge in [0.05, 0.1) is 18.7 Å². The molecular weight excluding hydrogens is 303 g/mol. The largest absolute Gasteiger partial charge is 0.495 e. The predicted octanol–water partition coefficient (Wildman–Crippen LogP) is 3.53. The number of hydrogen-bond donors (Lipinski definition) is 0. The van der Waals surface area contributed by atoms with E-state index in [9.17, 15) is 9.59 Å². The molecule has 0 bridgehead atoms. The van der Waals surface area contributed by atoms with Gasteiger partial charge in [-0.25, -0.2) is 0 Å². The molecule has 0 saturated heterocycles. The van der Waals surface area contributed by atoms with Gasteiger partial charge in [0, 0.05) is 24.5 Å². The molecule has 0 spiro atoms. The zero-order chi connectivity index (χ0) is 14.9. The molecule has 1 aliphatic carbocycles. The van der Waals surface area contributed by atoms with E-state index in [1.165, 1.54) is 14.0 Å². The summed E-state index contributed by atoms with van der Waals surface area (Å²) >= 11 is 12.2. The topological polar surface area (TPSA) is 52.6 Å². The number of rotatable bonds is 4. The van der Waals surface area contributed by atoms with Crippen LogP contribution >= 0.6 is 23.2 Å². The first-order valence-corrected chi connectivity index (χ1v) is 6.66. The van der Waals surface area contributed by atoms with Gasteiger partial charge in [-0.1, -0.05) is 23.2 Å². The average molecular weight is 315 g/mol. The fourth-order valence-corrected chi connectivity index (χ4v) is 2.53. The van der Waals surface area contributed by atoms with Gasteiger partial charge in [0.2, 0.25) is 0 Å². The summed E-state index contributed by atoms with van der Waals surface area (Å²) in [6.07, 6.45) is 2.05. The maximum atomic E-state index is 12.3. The van der Waals surface area contributed by atoms with Crippen molar-refractivity contribution in [2.24, 2.45) is 0 Å². The van der Waals surface area contributed by atoms with Crippen molar-refractivity contribution in [1.82, 2.24) is 0 Å². The Hall–Kier alpha value is -1.52. The third-order valence-corrected chi connectivity index (χ3v) is 3.80. The highest BCUT2D eigenvalue weighted by Gasteiger charge is 2.28. The number of ether oxygens (including phenoxy) is 2. The van der Waals surface area contributed by atoms with Crippen LogP contribution in [-0.4, -0.2) is 25.5 Å². The number of halogens is 2. The Bertz CT molecular complexity index is 620. The number of hydrogen-bond acceptors (Lipinski definition) is 4. The zero-order valence-electron chi connectivity index (χ0n) is 11.0. The lowest BCUT2D eigenvalue weighted by Gasteiger charge is -2.08. The first-order valence-electron chi connectivity index (χ1n) is 5.90. The van der Waals surface area contributed by atoms with Crippen LogP contribution in [0.2, 0.25) is 10.0 Å². The van der Waals surface area contributed by atoms with E-state index in [4.69, 9.17) is 32.7 Å². The normalized spacial score (nSPS) is 13.0. The van der Waals surface area contributed by atoms with Gasteiger partial charge in [0.1, 0.15) is 10.8 Å². The van der Waals surface area contributed by atoms with Crippen LogP contribution in [0.15, 0.2) is 11.6 Å². The molecule has 0 radical (unpaired) electrons. The van der Waals surface area contributed by atoms with Gasteiger partial charge in [-0.05, 0) is 17.7 Å². The van der Waals surface area contributed by atoms with Gasteiger partial charge < -0.3 is 9.47 Å². The van der Waals surface area contributed by atoms with E-state index in [2.05, 4.69) is 0 Å². The van der Waals surface area contributed by atoms with Crippen LogP contribution in [-0.2, 0) is 9.53 Å². The third-order valence-electron chi connectivity index (χ3n) is 2.95. The number of carbonyl (C=O) groups excluding carboxylic acids is 2. The summed E-state index contributed by atoms with van der Waals surface area (Å²) in [4.78, 5) is 23.0. The van der Waals surface area contributed by atoms with Crippen molar-refractivity contribution in [3.8, 4) is 5.75 Å². The number of ketones is 1. The lowest BCUT2D eigenvalue weighted by Crippen LogP contribution is -2.06. The van der Waals surface area contributed by atoms with Crippen molar-refractivity contribution in [3.05, 3.63) is 32.8 Å². The van der Waals surface area contributed by atoms with E-state index < -0.39 is 0 Å². The zero-order valence-corrected chi connectivity index (χ0v) is 12.5. The van der Waals surface area contributed by atoms with E-state index in [0.717, 1.165) is 0 Å². The summed E-state index contributed by atoms with van der Waals surface area (Å²) in [7, 11) is 1.48. The fraction of sp³-hybridized carbons (Fsp3) is 0.286. The number of benzene rings is 1. The number of methoxy groups -OCH3 is 1. The van der Waals surface area contributed by atoms with Gasteiger partial charge >= 0.3 is 5.97 Å². The van der Waals surface area contributed by atoms with Crippen LogP contribution in [0.3, 0.4) is 0 Å². The van der Waals surface area contributed by atoms with Gasteiger partial charge in [-0.2, -0.15) is 0 Å². The number of fused-ring (bicyclic) bond motifs is 1. The summed E-state index contributed by atoms with van der Waals surface area (Å²) in [6, 6.07) is 1.67. The van der Waals surface area contributed by atoms with Crippen LogP contribution in [0.25, 0.3) is 6.08 Å². The minimum Gasteiger partial charge on any atom is -0.495 e. The molecule has 106 valence electrons. The van der Waals surface area contributed by atoms with E-state index in [1.54, 1.807) is 12.1 Å². The van der Waals surface area contributed by atoms with Crippen LogP contribution in [0, 0.1) is 0 Å². The highest BCUT2D eigenvalue weighted by molar-refractivity contribution is 6.46. The molecule has 0 aliphatic heterocycles. The van der Waals surface area contributed by atoms with Gasteiger partial charge in [-0.3, -0.25) is 9.59 Å². The average Bonchev–Trinajstić information content (AvgIpc) is 2.70. The molecule has 2 rings (SSSR count). The Labute approximate surface area is 126 Å². The monoisotopic (exact) mass is 314 g/mol. The number of Topliss-reactive ketones (excluding diaryl/α,β-unsaturated/α-hetero) is 1. The van der Waals surface area contributed by atoms with Crippen molar-refractivity contribution >= 4 is 41.0 Å². The molecule has 1 aromatic carbocycles. The Balaban J connectivity index is 2.28. The van der Waals surface area contributed by atoms with Crippen LogP contribution < -0.4 is 4.74 Å². The molecular formula is C14H12Cl2O4. The molecule has 0 heterocycles. The maximum absolute atomic E-state index is 12.3. The molecule has 0 atom stereocenters. The molecule has 1 aromatic rings. The summed E-state index contributed by atoms with van der Waals surface area (Å²) in [5.41, 5.74) is 1.57. The van der Waals surface area contributed by atoms with Crippen molar-refractivity contribution in [2.45, 2.75) is 13.3 Å². The van der Waals surface area contributed by atoms with Crippen molar-refractivity contribution < 1.29 is 19.1 Å². The van der Waals surface area contributed by atoms with E-state index in [-0.39, 0.29) is 28.4 Å². The van der Waals surface area contributed by atoms with E-state index in [1.807, 2.05) is 0 Å². The molecule has 6 heteroatoms. The SMILES string of the molecule is COc1cc2c(c(Cl)c1Cl)C(=O)C(CCOC(C)=O)=C2. The maximum Gasteiger partial charge on any atom is 0.302 e. The molecule has 20 heavy (non-hydrogen) atoms. The van der Waals surface area contributed by atoms with Gasteiger partial charge in [-0.15, -0.1) is 0 Å². The molecule has 0 unspecified atom stereocenters. The fourth-order valence-electron chi connectivity index (χ4n) is 2.02. The van der Waals surface area contributed by atoms with Crippen molar-refractivity contribution in [2.75, 3.05) is 13.7 Å². The lowest BCUT2D eigenvalue weighted by molar-refractivity contribution is -0.140. The minimum absolute atomic E-state index is 0.156. The molecule has 0 amide bonds. The summed E-state index contributed by atoms with van der Waals surface area (Å²) in [6.45, 7) is 1.48. The molecule has 0 fully saturated rings. The molecule has 0 saturated carbocycles. The van der Waals surface area contributed by atoms with E-state index >= 15 is 0 Å². The number of carbonyl (C=O) groups is 2. The quantitative estimate of drug-likeness (QED) is 0.798. The van der Waals surface area contributed by atoms with Crippen molar-refractivity contribution in [1.29, 1.82) is 0 Å². The Kier molecular flexibility index (Phi) is 4.35.